The summed E-state index contributed by atoms with van der Waals surface area (Å²) in [5.74, 6) is -0.230. The first-order valence-electron chi connectivity index (χ1n) is 9.54. The Morgan fingerprint density at radius 3 is 2.28 bits per heavy atom. The second-order valence-electron chi connectivity index (χ2n) is 7.18. The van der Waals surface area contributed by atoms with Crippen molar-refractivity contribution < 1.29 is 9.59 Å². The molecule has 0 bridgehead atoms. The van der Waals surface area contributed by atoms with Crippen LogP contribution in [0.25, 0.3) is 10.6 Å². The standard InChI is InChI=1S/C22H24N4O2S/c1-15(2)13-19(27)23-18(14-16-9-5-3-6-10-16)20(28)24-22-26-25-21(29-22)17-11-7-4-8-12-17/h3-12,15,18H,13-14H2,1-2H3,(H,23,27)(H,24,26,28). The number of hydrogen-bond donors (Lipinski definition) is 2. The van der Waals surface area contributed by atoms with E-state index in [4.69, 9.17) is 0 Å². The third-order valence-electron chi connectivity index (χ3n) is 4.20. The van der Waals surface area contributed by atoms with E-state index in [-0.39, 0.29) is 17.7 Å². The van der Waals surface area contributed by atoms with E-state index in [1.807, 2.05) is 74.5 Å². The Kier molecular flexibility index (Phi) is 7.08. The smallest absolute Gasteiger partial charge is 0.249 e. The summed E-state index contributed by atoms with van der Waals surface area (Å²) >= 11 is 1.30. The van der Waals surface area contributed by atoms with Crippen molar-refractivity contribution in [2.75, 3.05) is 5.32 Å². The average molecular weight is 409 g/mol. The molecule has 6 nitrogen and oxygen atoms in total. The Morgan fingerprint density at radius 2 is 1.62 bits per heavy atom. The monoisotopic (exact) mass is 408 g/mol. The molecule has 150 valence electrons. The molecule has 2 aromatic carbocycles. The predicted octanol–water partition coefficient (Wildman–Crippen LogP) is 3.92. The topological polar surface area (TPSA) is 84.0 Å². The molecule has 29 heavy (non-hydrogen) atoms. The van der Waals surface area contributed by atoms with Gasteiger partial charge in [0.15, 0.2) is 0 Å². The molecule has 0 saturated carbocycles. The molecule has 0 radical (unpaired) electrons. The van der Waals surface area contributed by atoms with Gasteiger partial charge in [0, 0.05) is 18.4 Å². The quantitative estimate of drug-likeness (QED) is 0.592. The predicted molar refractivity (Wildman–Crippen MR) is 116 cm³/mol. The van der Waals surface area contributed by atoms with Crippen LogP contribution in [0.5, 0.6) is 0 Å². The summed E-state index contributed by atoms with van der Waals surface area (Å²) in [6.07, 6.45) is 0.774. The van der Waals surface area contributed by atoms with Crippen LogP contribution in [0.15, 0.2) is 60.7 Å². The van der Waals surface area contributed by atoms with Gasteiger partial charge in [0.05, 0.1) is 0 Å². The first-order chi connectivity index (χ1) is 14.0. The summed E-state index contributed by atoms with van der Waals surface area (Å²) < 4.78 is 0. The summed E-state index contributed by atoms with van der Waals surface area (Å²) in [7, 11) is 0. The second-order valence-corrected chi connectivity index (χ2v) is 8.15. The van der Waals surface area contributed by atoms with E-state index in [0.29, 0.717) is 18.0 Å². The molecule has 7 heteroatoms. The van der Waals surface area contributed by atoms with Crippen LogP contribution >= 0.6 is 11.3 Å². The fourth-order valence-electron chi connectivity index (χ4n) is 2.85. The van der Waals surface area contributed by atoms with Gasteiger partial charge in [-0.05, 0) is 11.5 Å². The van der Waals surface area contributed by atoms with Crippen LogP contribution in [0.3, 0.4) is 0 Å². The highest BCUT2D eigenvalue weighted by atomic mass is 32.1. The molecule has 0 aliphatic rings. The fraction of sp³-hybridized carbons (Fsp3) is 0.273. The molecule has 0 fully saturated rings. The summed E-state index contributed by atoms with van der Waals surface area (Å²) in [5.41, 5.74) is 1.91. The number of hydrogen-bond acceptors (Lipinski definition) is 5. The van der Waals surface area contributed by atoms with Crippen LogP contribution in [-0.2, 0) is 16.0 Å². The first kappa shape index (κ1) is 20.7. The van der Waals surface area contributed by atoms with Gasteiger partial charge in [-0.15, -0.1) is 10.2 Å². The highest BCUT2D eigenvalue weighted by Crippen LogP contribution is 2.26. The SMILES string of the molecule is CC(C)CC(=O)NC(Cc1ccccc1)C(=O)Nc1nnc(-c2ccccc2)s1. The van der Waals surface area contributed by atoms with Gasteiger partial charge < -0.3 is 5.32 Å². The van der Waals surface area contributed by atoms with Crippen LogP contribution < -0.4 is 10.6 Å². The third kappa shape index (κ3) is 6.22. The molecule has 1 aromatic heterocycles. The van der Waals surface area contributed by atoms with Gasteiger partial charge in [0.25, 0.3) is 0 Å². The van der Waals surface area contributed by atoms with Crippen molar-refractivity contribution in [2.45, 2.75) is 32.7 Å². The zero-order valence-corrected chi connectivity index (χ0v) is 17.3. The summed E-state index contributed by atoms with van der Waals surface area (Å²) in [5, 5.41) is 15.0. The number of carbonyl (C=O) groups is 2. The van der Waals surface area contributed by atoms with Crippen molar-refractivity contribution in [1.82, 2.24) is 15.5 Å². The molecule has 0 spiro atoms. The van der Waals surface area contributed by atoms with Gasteiger partial charge in [-0.3, -0.25) is 14.9 Å². The lowest BCUT2D eigenvalue weighted by Gasteiger charge is -2.18. The number of rotatable bonds is 8. The highest BCUT2D eigenvalue weighted by Gasteiger charge is 2.23. The van der Waals surface area contributed by atoms with Crippen molar-refractivity contribution in [3.05, 3.63) is 66.2 Å². The minimum atomic E-state index is -0.687. The van der Waals surface area contributed by atoms with E-state index in [1.54, 1.807) is 0 Å². The Bertz CT molecular complexity index is 942. The van der Waals surface area contributed by atoms with Crippen LogP contribution in [0, 0.1) is 5.92 Å². The maximum Gasteiger partial charge on any atom is 0.249 e. The van der Waals surface area contributed by atoms with Crippen LogP contribution in [0.1, 0.15) is 25.8 Å². The van der Waals surface area contributed by atoms with Gasteiger partial charge >= 0.3 is 0 Å². The van der Waals surface area contributed by atoms with Crippen molar-refractivity contribution in [2.24, 2.45) is 5.92 Å². The van der Waals surface area contributed by atoms with Crippen molar-refractivity contribution in [3.63, 3.8) is 0 Å². The minimum Gasteiger partial charge on any atom is -0.344 e. The largest absolute Gasteiger partial charge is 0.344 e. The summed E-state index contributed by atoms with van der Waals surface area (Å²) in [6.45, 7) is 3.94. The maximum atomic E-state index is 12.9. The number of aromatic nitrogens is 2. The van der Waals surface area contributed by atoms with Crippen molar-refractivity contribution in [1.29, 1.82) is 0 Å². The van der Waals surface area contributed by atoms with E-state index in [2.05, 4.69) is 20.8 Å². The number of nitrogens with one attached hydrogen (secondary N) is 2. The highest BCUT2D eigenvalue weighted by molar-refractivity contribution is 7.18. The molecule has 0 aliphatic heterocycles. The van der Waals surface area contributed by atoms with Gasteiger partial charge in [-0.2, -0.15) is 0 Å². The van der Waals surface area contributed by atoms with Gasteiger partial charge in [-0.25, -0.2) is 0 Å². The van der Waals surface area contributed by atoms with Crippen molar-refractivity contribution >= 4 is 28.3 Å². The van der Waals surface area contributed by atoms with E-state index in [1.165, 1.54) is 11.3 Å². The maximum absolute atomic E-state index is 12.9. The molecule has 3 aromatic rings. The van der Waals surface area contributed by atoms with Gasteiger partial charge in [-0.1, -0.05) is 85.8 Å². The molecule has 2 amide bonds. The molecule has 1 atom stereocenters. The molecule has 1 heterocycles. The van der Waals surface area contributed by atoms with E-state index in [0.717, 1.165) is 16.1 Å². The Hall–Kier alpha value is -3.06. The number of carbonyl (C=O) groups excluding carboxylic acids is 2. The number of nitrogens with zero attached hydrogens (tertiary/aromatic N) is 2. The van der Waals surface area contributed by atoms with Gasteiger partial charge in [0.1, 0.15) is 11.0 Å². The molecular weight excluding hydrogens is 384 g/mol. The lowest BCUT2D eigenvalue weighted by Crippen LogP contribution is -2.45. The van der Waals surface area contributed by atoms with Crippen molar-refractivity contribution in [3.8, 4) is 10.6 Å². The lowest BCUT2D eigenvalue weighted by molar-refractivity contribution is -0.127. The zero-order chi connectivity index (χ0) is 20.6. The zero-order valence-electron chi connectivity index (χ0n) is 16.5. The molecule has 2 N–H and O–H groups in total. The van der Waals surface area contributed by atoms with Crippen LogP contribution in [-0.4, -0.2) is 28.1 Å². The molecule has 0 saturated heterocycles. The number of anilines is 1. The Labute approximate surface area is 174 Å². The van der Waals surface area contributed by atoms with E-state index < -0.39 is 6.04 Å². The molecule has 3 rings (SSSR count). The molecule has 1 unspecified atom stereocenters. The van der Waals surface area contributed by atoms with E-state index in [9.17, 15) is 9.59 Å². The lowest BCUT2D eigenvalue weighted by atomic mass is 10.0. The van der Waals surface area contributed by atoms with Gasteiger partial charge in [0.2, 0.25) is 16.9 Å². The Morgan fingerprint density at radius 1 is 0.966 bits per heavy atom. The Balaban J connectivity index is 1.71. The summed E-state index contributed by atoms with van der Waals surface area (Å²) in [4.78, 5) is 25.2. The summed E-state index contributed by atoms with van der Waals surface area (Å²) in [6, 6.07) is 18.6. The fourth-order valence-corrected chi connectivity index (χ4v) is 3.60. The second kappa shape index (κ2) is 9.93. The first-order valence-corrected chi connectivity index (χ1v) is 10.4. The third-order valence-corrected chi connectivity index (χ3v) is 5.09. The normalized spacial score (nSPS) is 11.8. The average Bonchev–Trinajstić information content (AvgIpc) is 3.17. The number of benzene rings is 2. The number of amides is 2. The molecular formula is C22H24N4O2S. The molecule has 0 aliphatic carbocycles. The minimum absolute atomic E-state index is 0.140. The van der Waals surface area contributed by atoms with Crippen LogP contribution in [0.2, 0.25) is 0 Å². The van der Waals surface area contributed by atoms with E-state index >= 15 is 0 Å². The van der Waals surface area contributed by atoms with Crippen LogP contribution in [0.4, 0.5) is 5.13 Å².